The summed E-state index contributed by atoms with van der Waals surface area (Å²) < 4.78 is 0. The summed E-state index contributed by atoms with van der Waals surface area (Å²) in [6, 6.07) is 17.2. The van der Waals surface area contributed by atoms with Crippen LogP contribution in [0.1, 0.15) is 31.4 Å². The van der Waals surface area contributed by atoms with Gasteiger partial charge in [-0.3, -0.25) is 14.5 Å². The zero-order valence-electron chi connectivity index (χ0n) is 15.5. The lowest BCUT2D eigenvalue weighted by molar-refractivity contribution is -0.130. The molecular formula is C21H23N3O3. The van der Waals surface area contributed by atoms with E-state index in [0.717, 1.165) is 21.7 Å². The number of carbonyl (C=O) groups is 3. The molecule has 4 amide bonds. The number of amides is 4. The molecule has 0 atom stereocenters. The van der Waals surface area contributed by atoms with Crippen LogP contribution in [0.25, 0.3) is 0 Å². The predicted octanol–water partition coefficient (Wildman–Crippen LogP) is 2.94. The Balaban J connectivity index is 1.62. The highest BCUT2D eigenvalue weighted by Crippen LogP contribution is 2.20. The summed E-state index contributed by atoms with van der Waals surface area (Å²) in [5.74, 6) is -0.550. The first-order chi connectivity index (χ1) is 12.9. The minimum Gasteiger partial charge on any atom is -0.326 e. The highest BCUT2D eigenvalue weighted by Gasteiger charge is 2.43. The summed E-state index contributed by atoms with van der Waals surface area (Å²) in [6.45, 7) is 3.35. The van der Waals surface area contributed by atoms with Crippen molar-refractivity contribution in [2.24, 2.45) is 0 Å². The van der Waals surface area contributed by atoms with Crippen LogP contribution in [0.2, 0.25) is 0 Å². The molecule has 0 aromatic heterocycles. The summed E-state index contributed by atoms with van der Waals surface area (Å²) in [5.41, 5.74) is 1.98. The molecule has 2 aromatic rings. The normalized spacial score (nSPS) is 15.6. The van der Waals surface area contributed by atoms with Gasteiger partial charge in [0.25, 0.3) is 5.91 Å². The number of para-hydroxylation sites is 1. The molecular weight excluding hydrogens is 342 g/mol. The monoisotopic (exact) mass is 365 g/mol. The van der Waals surface area contributed by atoms with Crippen molar-refractivity contribution in [2.75, 3.05) is 11.9 Å². The first kappa shape index (κ1) is 18.6. The van der Waals surface area contributed by atoms with E-state index in [1.54, 1.807) is 13.8 Å². The number of hydrogen-bond acceptors (Lipinski definition) is 3. The van der Waals surface area contributed by atoms with E-state index in [1.807, 2.05) is 54.6 Å². The molecule has 140 valence electrons. The second-order valence-electron chi connectivity index (χ2n) is 7.13. The van der Waals surface area contributed by atoms with Gasteiger partial charge in [-0.25, -0.2) is 4.79 Å². The molecule has 0 radical (unpaired) electrons. The number of carbonyl (C=O) groups excluding carboxylic acids is 3. The van der Waals surface area contributed by atoms with Gasteiger partial charge in [0, 0.05) is 18.7 Å². The Kier molecular flexibility index (Phi) is 5.26. The predicted molar refractivity (Wildman–Crippen MR) is 103 cm³/mol. The van der Waals surface area contributed by atoms with Gasteiger partial charge >= 0.3 is 6.03 Å². The lowest BCUT2D eigenvalue weighted by atomic mass is 10.0. The van der Waals surface area contributed by atoms with Crippen molar-refractivity contribution >= 4 is 23.5 Å². The van der Waals surface area contributed by atoms with Crippen molar-refractivity contribution in [1.29, 1.82) is 0 Å². The molecule has 0 aliphatic carbocycles. The van der Waals surface area contributed by atoms with Gasteiger partial charge in [-0.2, -0.15) is 0 Å². The highest BCUT2D eigenvalue weighted by atomic mass is 16.2. The lowest BCUT2D eigenvalue weighted by Gasteiger charge is -2.16. The number of anilines is 1. The second kappa shape index (κ2) is 7.61. The molecule has 0 saturated carbocycles. The minimum absolute atomic E-state index is 0.0505. The van der Waals surface area contributed by atoms with E-state index in [4.69, 9.17) is 0 Å². The smallest absolute Gasteiger partial charge is 0.325 e. The number of hydrogen-bond donors (Lipinski definition) is 2. The van der Waals surface area contributed by atoms with E-state index in [-0.39, 0.29) is 24.8 Å². The summed E-state index contributed by atoms with van der Waals surface area (Å²) in [6.07, 6.45) is 0.757. The highest BCUT2D eigenvalue weighted by molar-refractivity contribution is 6.06. The van der Waals surface area contributed by atoms with Crippen LogP contribution in [0, 0.1) is 0 Å². The Morgan fingerprint density at radius 1 is 1.04 bits per heavy atom. The minimum atomic E-state index is -0.921. The fraction of sp³-hybridized carbons (Fsp3) is 0.286. The van der Waals surface area contributed by atoms with Gasteiger partial charge in [-0.05, 0) is 37.5 Å². The molecule has 2 N–H and O–H groups in total. The quantitative estimate of drug-likeness (QED) is 0.773. The number of rotatable bonds is 6. The van der Waals surface area contributed by atoms with Crippen LogP contribution in [0.3, 0.4) is 0 Å². The fourth-order valence-corrected chi connectivity index (χ4v) is 3.06. The van der Waals surface area contributed by atoms with E-state index in [0.29, 0.717) is 6.42 Å². The van der Waals surface area contributed by atoms with Crippen LogP contribution < -0.4 is 10.6 Å². The van der Waals surface area contributed by atoms with Gasteiger partial charge in [0.2, 0.25) is 5.91 Å². The molecule has 2 aromatic carbocycles. The van der Waals surface area contributed by atoms with Gasteiger partial charge in [0.15, 0.2) is 0 Å². The molecule has 6 heteroatoms. The van der Waals surface area contributed by atoms with Crippen LogP contribution >= 0.6 is 0 Å². The molecule has 1 saturated heterocycles. The zero-order chi connectivity index (χ0) is 19.4. The lowest BCUT2D eigenvalue weighted by Crippen LogP contribution is -2.40. The Labute approximate surface area is 158 Å². The van der Waals surface area contributed by atoms with Gasteiger partial charge < -0.3 is 10.6 Å². The number of nitrogens with zero attached hydrogens (tertiary/aromatic N) is 1. The van der Waals surface area contributed by atoms with Crippen LogP contribution in [0.15, 0.2) is 54.6 Å². The van der Waals surface area contributed by atoms with Crippen LogP contribution in [-0.2, 0) is 16.0 Å². The van der Waals surface area contributed by atoms with Crippen molar-refractivity contribution in [1.82, 2.24) is 10.2 Å². The van der Waals surface area contributed by atoms with Crippen molar-refractivity contribution in [3.63, 3.8) is 0 Å². The topological polar surface area (TPSA) is 78.5 Å². The Hall–Kier alpha value is -3.15. The number of imide groups is 1. The second-order valence-corrected chi connectivity index (χ2v) is 7.13. The van der Waals surface area contributed by atoms with Crippen LogP contribution in [0.5, 0.6) is 0 Å². The SMILES string of the molecule is CC1(C)NC(=O)N(CCC(=O)Nc2ccccc2Cc2ccccc2)C1=O. The zero-order valence-corrected chi connectivity index (χ0v) is 15.5. The Morgan fingerprint density at radius 2 is 1.70 bits per heavy atom. The Bertz CT molecular complexity index is 862. The third-order valence-corrected chi connectivity index (χ3v) is 4.54. The molecule has 1 heterocycles. The molecule has 0 spiro atoms. The molecule has 3 rings (SSSR count). The van der Waals surface area contributed by atoms with E-state index in [9.17, 15) is 14.4 Å². The fourth-order valence-electron chi connectivity index (χ4n) is 3.06. The van der Waals surface area contributed by atoms with Gasteiger partial charge in [-0.15, -0.1) is 0 Å². The molecule has 6 nitrogen and oxygen atoms in total. The average molecular weight is 365 g/mol. The van der Waals surface area contributed by atoms with Crippen molar-refractivity contribution in [3.05, 3.63) is 65.7 Å². The van der Waals surface area contributed by atoms with Crippen molar-refractivity contribution in [3.8, 4) is 0 Å². The Morgan fingerprint density at radius 3 is 2.37 bits per heavy atom. The third-order valence-electron chi connectivity index (χ3n) is 4.54. The van der Waals surface area contributed by atoms with Crippen LogP contribution in [-0.4, -0.2) is 34.8 Å². The maximum atomic E-state index is 12.4. The molecule has 1 aliphatic rings. The third kappa shape index (κ3) is 4.34. The number of urea groups is 1. The maximum absolute atomic E-state index is 12.4. The standard InChI is InChI=1S/C21H23N3O3/c1-21(2)19(26)24(20(27)23-21)13-12-18(25)22-17-11-7-6-10-16(17)14-15-8-4-3-5-9-15/h3-11H,12-14H2,1-2H3,(H,22,25)(H,23,27). The summed E-state index contributed by atoms with van der Waals surface area (Å²) in [4.78, 5) is 37.5. The van der Waals surface area contributed by atoms with Crippen LogP contribution in [0.4, 0.5) is 10.5 Å². The summed E-state index contributed by atoms with van der Waals surface area (Å²) in [7, 11) is 0. The molecule has 1 aliphatic heterocycles. The molecule has 1 fully saturated rings. The van der Waals surface area contributed by atoms with E-state index in [2.05, 4.69) is 10.6 Å². The largest absolute Gasteiger partial charge is 0.326 e. The summed E-state index contributed by atoms with van der Waals surface area (Å²) >= 11 is 0. The first-order valence-electron chi connectivity index (χ1n) is 8.92. The number of nitrogens with one attached hydrogen (secondary N) is 2. The average Bonchev–Trinajstić information content (AvgIpc) is 2.83. The van der Waals surface area contributed by atoms with Gasteiger partial charge in [0.1, 0.15) is 5.54 Å². The van der Waals surface area contributed by atoms with E-state index in [1.165, 1.54) is 0 Å². The summed E-state index contributed by atoms with van der Waals surface area (Å²) in [5, 5.41) is 5.51. The number of benzene rings is 2. The molecule has 0 unspecified atom stereocenters. The van der Waals surface area contributed by atoms with Crippen molar-refractivity contribution < 1.29 is 14.4 Å². The van der Waals surface area contributed by atoms with Gasteiger partial charge in [0.05, 0.1) is 0 Å². The van der Waals surface area contributed by atoms with Gasteiger partial charge in [-0.1, -0.05) is 48.5 Å². The molecule has 27 heavy (non-hydrogen) atoms. The maximum Gasteiger partial charge on any atom is 0.325 e. The molecule has 0 bridgehead atoms. The van der Waals surface area contributed by atoms with E-state index >= 15 is 0 Å². The van der Waals surface area contributed by atoms with Crippen molar-refractivity contribution in [2.45, 2.75) is 32.2 Å². The van der Waals surface area contributed by atoms with E-state index < -0.39 is 11.6 Å². The first-order valence-corrected chi connectivity index (χ1v) is 8.92.